The first-order valence-electron chi connectivity index (χ1n) is 6.04. The molecule has 1 saturated carbocycles. The van der Waals surface area contributed by atoms with Gasteiger partial charge in [0.1, 0.15) is 5.60 Å². The van der Waals surface area contributed by atoms with Crippen LogP contribution in [0.25, 0.3) is 0 Å². The van der Waals surface area contributed by atoms with Crippen molar-refractivity contribution in [1.29, 1.82) is 0 Å². The maximum absolute atomic E-state index is 11.5. The number of carbonyl (C=O) groups is 1. The fourth-order valence-corrected chi connectivity index (χ4v) is 2.07. The summed E-state index contributed by atoms with van der Waals surface area (Å²) in [6.07, 6.45) is 4.24. The Balaban J connectivity index is 2.30. The van der Waals surface area contributed by atoms with Gasteiger partial charge in [-0.05, 0) is 52.0 Å². The normalized spacial score (nSPS) is 18.8. The summed E-state index contributed by atoms with van der Waals surface area (Å²) in [6.45, 7) is 6.98. The highest BCUT2D eigenvalue weighted by Gasteiger charge is 2.36. The van der Waals surface area contributed by atoms with Gasteiger partial charge in [-0.2, -0.15) is 0 Å². The van der Waals surface area contributed by atoms with Gasteiger partial charge in [0.25, 0.3) is 0 Å². The van der Waals surface area contributed by atoms with Crippen molar-refractivity contribution in [2.75, 3.05) is 13.1 Å². The predicted molar refractivity (Wildman–Crippen MR) is 64.2 cm³/mol. The van der Waals surface area contributed by atoms with Gasteiger partial charge in [0.15, 0.2) is 0 Å². The zero-order valence-electron chi connectivity index (χ0n) is 10.6. The van der Waals surface area contributed by atoms with Crippen molar-refractivity contribution in [2.24, 2.45) is 11.1 Å². The molecule has 0 aromatic rings. The van der Waals surface area contributed by atoms with Crippen LogP contribution in [0.4, 0.5) is 4.79 Å². The third kappa shape index (κ3) is 4.00. The van der Waals surface area contributed by atoms with Gasteiger partial charge in [-0.1, -0.05) is 6.42 Å². The van der Waals surface area contributed by atoms with Gasteiger partial charge in [0.05, 0.1) is 0 Å². The average Bonchev–Trinajstić information content (AvgIpc) is 2.06. The monoisotopic (exact) mass is 228 g/mol. The second-order valence-electron chi connectivity index (χ2n) is 5.75. The van der Waals surface area contributed by atoms with E-state index >= 15 is 0 Å². The molecule has 1 fully saturated rings. The summed E-state index contributed by atoms with van der Waals surface area (Å²) >= 11 is 0. The van der Waals surface area contributed by atoms with E-state index in [1.165, 1.54) is 19.3 Å². The van der Waals surface area contributed by atoms with Crippen molar-refractivity contribution < 1.29 is 9.53 Å². The standard InChI is InChI=1S/C12H24N2O2/c1-11(2,3)16-10(15)14-9-12(7-8-13)5-4-6-12/h4-9,13H2,1-3H3,(H,14,15). The van der Waals surface area contributed by atoms with Crippen molar-refractivity contribution in [1.82, 2.24) is 5.32 Å². The topological polar surface area (TPSA) is 64.3 Å². The van der Waals surface area contributed by atoms with Crippen LogP contribution in [-0.2, 0) is 4.74 Å². The number of carbonyl (C=O) groups excluding carboxylic acids is 1. The van der Waals surface area contributed by atoms with Crippen LogP contribution >= 0.6 is 0 Å². The van der Waals surface area contributed by atoms with Gasteiger partial charge in [-0.3, -0.25) is 0 Å². The summed E-state index contributed by atoms with van der Waals surface area (Å²) in [5, 5.41) is 2.85. The minimum atomic E-state index is -0.426. The van der Waals surface area contributed by atoms with Crippen molar-refractivity contribution >= 4 is 6.09 Å². The number of amides is 1. The second kappa shape index (κ2) is 5.04. The van der Waals surface area contributed by atoms with Gasteiger partial charge in [0.2, 0.25) is 0 Å². The lowest BCUT2D eigenvalue weighted by atomic mass is 9.66. The van der Waals surface area contributed by atoms with Crippen LogP contribution in [-0.4, -0.2) is 24.8 Å². The molecule has 0 heterocycles. The fourth-order valence-electron chi connectivity index (χ4n) is 2.07. The van der Waals surface area contributed by atoms with Crippen LogP contribution < -0.4 is 11.1 Å². The highest BCUT2D eigenvalue weighted by atomic mass is 16.6. The summed E-state index contributed by atoms with van der Waals surface area (Å²) in [5.74, 6) is 0. The van der Waals surface area contributed by atoms with Crippen molar-refractivity contribution in [2.45, 2.75) is 52.1 Å². The average molecular weight is 228 g/mol. The van der Waals surface area contributed by atoms with E-state index in [1.807, 2.05) is 20.8 Å². The molecular weight excluding hydrogens is 204 g/mol. The van der Waals surface area contributed by atoms with Crippen LogP contribution in [0.15, 0.2) is 0 Å². The molecular formula is C12H24N2O2. The molecule has 3 N–H and O–H groups in total. The summed E-state index contributed by atoms with van der Waals surface area (Å²) < 4.78 is 5.20. The highest BCUT2D eigenvalue weighted by Crippen LogP contribution is 2.42. The lowest BCUT2D eigenvalue weighted by Crippen LogP contribution is -2.44. The van der Waals surface area contributed by atoms with E-state index in [-0.39, 0.29) is 11.5 Å². The number of hydrogen-bond donors (Lipinski definition) is 2. The molecule has 0 spiro atoms. The molecule has 0 unspecified atom stereocenters. The molecule has 4 nitrogen and oxygen atoms in total. The zero-order valence-corrected chi connectivity index (χ0v) is 10.6. The van der Waals surface area contributed by atoms with Gasteiger partial charge in [-0.15, -0.1) is 0 Å². The maximum Gasteiger partial charge on any atom is 0.407 e. The van der Waals surface area contributed by atoms with E-state index < -0.39 is 5.60 Å². The number of ether oxygens (including phenoxy) is 1. The molecule has 0 bridgehead atoms. The molecule has 0 aromatic carbocycles. The molecule has 0 atom stereocenters. The molecule has 0 aromatic heterocycles. The summed E-state index contributed by atoms with van der Waals surface area (Å²) in [4.78, 5) is 11.5. The third-order valence-electron chi connectivity index (χ3n) is 3.10. The molecule has 0 aliphatic heterocycles. The number of hydrogen-bond acceptors (Lipinski definition) is 3. The summed E-state index contributed by atoms with van der Waals surface area (Å²) in [5.41, 5.74) is 5.40. The molecule has 94 valence electrons. The first kappa shape index (κ1) is 13.3. The van der Waals surface area contributed by atoms with E-state index in [4.69, 9.17) is 10.5 Å². The van der Waals surface area contributed by atoms with E-state index in [1.54, 1.807) is 0 Å². The van der Waals surface area contributed by atoms with Crippen molar-refractivity contribution in [3.05, 3.63) is 0 Å². The van der Waals surface area contributed by atoms with Gasteiger partial charge >= 0.3 is 6.09 Å². The Morgan fingerprint density at radius 3 is 2.44 bits per heavy atom. The lowest BCUT2D eigenvalue weighted by Gasteiger charge is -2.42. The molecule has 1 amide bonds. The summed E-state index contributed by atoms with van der Waals surface area (Å²) in [7, 11) is 0. The Hall–Kier alpha value is -0.770. The SMILES string of the molecule is CC(C)(C)OC(=O)NCC1(CCN)CCC1. The Morgan fingerprint density at radius 2 is 2.06 bits per heavy atom. The number of nitrogens with one attached hydrogen (secondary N) is 1. The maximum atomic E-state index is 11.5. The van der Waals surface area contributed by atoms with E-state index in [0.29, 0.717) is 13.1 Å². The molecule has 0 radical (unpaired) electrons. The summed E-state index contributed by atoms with van der Waals surface area (Å²) in [6, 6.07) is 0. The largest absolute Gasteiger partial charge is 0.444 e. The van der Waals surface area contributed by atoms with E-state index in [2.05, 4.69) is 5.32 Å². The first-order valence-corrected chi connectivity index (χ1v) is 6.04. The predicted octanol–water partition coefficient (Wildman–Crippen LogP) is 2.03. The Kier molecular flexibility index (Phi) is 4.19. The number of alkyl carbamates (subject to hydrolysis) is 1. The minimum Gasteiger partial charge on any atom is -0.444 e. The van der Waals surface area contributed by atoms with Crippen LogP contribution in [0.1, 0.15) is 46.5 Å². The van der Waals surface area contributed by atoms with Crippen LogP contribution in [0.5, 0.6) is 0 Å². The van der Waals surface area contributed by atoms with Crippen molar-refractivity contribution in [3.63, 3.8) is 0 Å². The quantitative estimate of drug-likeness (QED) is 0.773. The van der Waals surface area contributed by atoms with Crippen LogP contribution in [0.3, 0.4) is 0 Å². The third-order valence-corrected chi connectivity index (χ3v) is 3.10. The lowest BCUT2D eigenvalue weighted by molar-refractivity contribution is 0.0443. The van der Waals surface area contributed by atoms with Crippen molar-refractivity contribution in [3.8, 4) is 0 Å². The molecule has 1 rings (SSSR count). The fraction of sp³-hybridized carbons (Fsp3) is 0.917. The van der Waals surface area contributed by atoms with Gasteiger partial charge in [-0.25, -0.2) is 4.79 Å². The van der Waals surface area contributed by atoms with Crippen LogP contribution in [0, 0.1) is 5.41 Å². The minimum absolute atomic E-state index is 0.242. The molecule has 4 heteroatoms. The Bertz CT molecular complexity index is 242. The van der Waals surface area contributed by atoms with Crippen LogP contribution in [0.2, 0.25) is 0 Å². The molecule has 1 aliphatic rings. The second-order valence-corrected chi connectivity index (χ2v) is 5.75. The zero-order chi connectivity index (χ0) is 12.2. The molecule has 1 aliphatic carbocycles. The Labute approximate surface area is 97.9 Å². The molecule has 16 heavy (non-hydrogen) atoms. The van der Waals surface area contributed by atoms with E-state index in [9.17, 15) is 4.79 Å². The number of rotatable bonds is 4. The van der Waals surface area contributed by atoms with Gasteiger partial charge in [0, 0.05) is 6.54 Å². The smallest absolute Gasteiger partial charge is 0.407 e. The molecule has 0 saturated heterocycles. The Morgan fingerprint density at radius 1 is 1.44 bits per heavy atom. The number of nitrogens with two attached hydrogens (primary N) is 1. The van der Waals surface area contributed by atoms with E-state index in [0.717, 1.165) is 6.42 Å². The highest BCUT2D eigenvalue weighted by molar-refractivity contribution is 5.67. The first-order chi connectivity index (χ1) is 7.37. The van der Waals surface area contributed by atoms with Gasteiger partial charge < -0.3 is 15.8 Å².